The fourth-order valence-electron chi connectivity index (χ4n) is 3.21. The number of benzene rings is 2. The minimum atomic E-state index is -3.94. The van der Waals surface area contributed by atoms with E-state index in [1.54, 1.807) is 56.4 Å². The first kappa shape index (κ1) is 25.6. The maximum absolute atomic E-state index is 12.9. The molecule has 0 saturated carbocycles. The van der Waals surface area contributed by atoms with Crippen LogP contribution < -0.4 is 11.1 Å². The zero-order chi connectivity index (χ0) is 24.7. The molecule has 0 aliphatic rings. The van der Waals surface area contributed by atoms with E-state index in [0.717, 1.165) is 10.4 Å². The summed E-state index contributed by atoms with van der Waals surface area (Å²) in [4.78, 5) is 26.2. The summed E-state index contributed by atoms with van der Waals surface area (Å²) in [5, 5.41) is 4.84. The quantitative estimate of drug-likeness (QED) is 0.265. The molecule has 0 unspecified atom stereocenters. The number of nitrogens with one attached hydrogen (secondary N) is 1. The van der Waals surface area contributed by atoms with Crippen molar-refractivity contribution in [2.24, 2.45) is 0 Å². The predicted molar refractivity (Wildman–Crippen MR) is 134 cm³/mol. The Morgan fingerprint density at radius 2 is 1.79 bits per heavy atom. The zero-order valence-electron chi connectivity index (χ0n) is 19.2. The van der Waals surface area contributed by atoms with Gasteiger partial charge in [-0.2, -0.15) is 0 Å². The summed E-state index contributed by atoms with van der Waals surface area (Å²) < 4.78 is 27.3. The molecule has 180 valence electrons. The van der Waals surface area contributed by atoms with Gasteiger partial charge in [-0.1, -0.05) is 18.2 Å². The molecule has 0 aliphatic heterocycles. The second kappa shape index (κ2) is 11.4. The van der Waals surface area contributed by atoms with Crippen LogP contribution >= 0.6 is 19.2 Å². The lowest BCUT2D eigenvalue weighted by Gasteiger charge is -2.16. The van der Waals surface area contributed by atoms with Gasteiger partial charge in [0, 0.05) is 10.4 Å². The molecule has 34 heavy (non-hydrogen) atoms. The Bertz CT molecular complexity index is 1200. The molecular formula is C24H27N2O6PS. The maximum atomic E-state index is 12.9. The van der Waals surface area contributed by atoms with Gasteiger partial charge in [-0.05, 0) is 73.2 Å². The van der Waals surface area contributed by atoms with Crippen LogP contribution in [0.4, 0.5) is 11.4 Å². The summed E-state index contributed by atoms with van der Waals surface area (Å²) in [5.74, 6) is -1.08. The Labute approximate surface area is 202 Å². The molecule has 3 aromatic rings. The molecule has 10 heteroatoms. The number of phosphoric ester groups is 1. The minimum Gasteiger partial charge on any atom is -0.397 e. The molecule has 0 atom stereocenters. The highest BCUT2D eigenvalue weighted by molar-refractivity contribution is 7.49. The molecule has 1 amide bonds. The molecule has 0 bridgehead atoms. The van der Waals surface area contributed by atoms with Gasteiger partial charge in [-0.3, -0.25) is 18.6 Å². The molecule has 3 N–H and O–H groups in total. The number of carbonyl (C=O) groups is 2. The molecule has 0 spiro atoms. The van der Waals surface area contributed by atoms with Crippen molar-refractivity contribution in [3.05, 3.63) is 70.6 Å². The molecule has 0 radical (unpaired) electrons. The number of phosphoric acid groups is 1. The average Bonchev–Trinajstić information content (AvgIpc) is 3.31. The van der Waals surface area contributed by atoms with Gasteiger partial charge in [0.25, 0.3) is 5.91 Å². The summed E-state index contributed by atoms with van der Waals surface area (Å²) in [7, 11) is -3.94. The van der Waals surface area contributed by atoms with Crippen LogP contribution in [0.3, 0.4) is 0 Å². The van der Waals surface area contributed by atoms with Gasteiger partial charge >= 0.3 is 13.8 Å². The van der Waals surface area contributed by atoms with E-state index >= 15 is 0 Å². The van der Waals surface area contributed by atoms with Crippen LogP contribution in [-0.4, -0.2) is 25.1 Å². The molecule has 3 rings (SSSR count). The van der Waals surface area contributed by atoms with Crippen molar-refractivity contribution in [1.82, 2.24) is 0 Å². The number of aryl methyl sites for hydroxylation is 1. The Morgan fingerprint density at radius 3 is 2.41 bits per heavy atom. The van der Waals surface area contributed by atoms with Crippen LogP contribution in [0.2, 0.25) is 0 Å². The number of amides is 1. The first-order valence-electron chi connectivity index (χ1n) is 10.7. The number of nitrogen functional groups attached to an aromatic ring is 1. The number of carbonyl (C=O) groups excluding carboxylic acids is 2. The van der Waals surface area contributed by atoms with Crippen LogP contribution in [0.15, 0.2) is 53.9 Å². The second-order valence-electron chi connectivity index (χ2n) is 7.30. The van der Waals surface area contributed by atoms with Crippen molar-refractivity contribution in [2.45, 2.75) is 27.2 Å². The van der Waals surface area contributed by atoms with Crippen molar-refractivity contribution >= 4 is 42.4 Å². The van der Waals surface area contributed by atoms with Crippen molar-refractivity contribution in [3.8, 4) is 10.4 Å². The number of hydrogen-bond donors (Lipinski definition) is 2. The third-order valence-electron chi connectivity index (χ3n) is 4.83. The Balaban J connectivity index is 1.70. The topological polar surface area (TPSA) is 117 Å². The van der Waals surface area contributed by atoms with E-state index in [4.69, 9.17) is 19.3 Å². The average molecular weight is 503 g/mol. The highest BCUT2D eigenvalue weighted by Gasteiger charge is 2.30. The Morgan fingerprint density at radius 1 is 1.06 bits per heavy atom. The molecule has 8 nitrogen and oxygen atoms in total. The van der Waals surface area contributed by atoms with Crippen molar-refractivity contribution in [3.63, 3.8) is 0 Å². The van der Waals surface area contributed by atoms with Gasteiger partial charge in [0.1, 0.15) is 0 Å². The molecule has 0 aliphatic carbocycles. The fraction of sp³-hybridized carbons (Fsp3) is 0.250. The van der Waals surface area contributed by atoms with Crippen LogP contribution in [0.5, 0.6) is 0 Å². The molecule has 1 aromatic heterocycles. The van der Waals surface area contributed by atoms with Gasteiger partial charge in [-0.15, -0.1) is 11.3 Å². The van der Waals surface area contributed by atoms with E-state index in [1.807, 2.05) is 29.6 Å². The number of nitrogens with two attached hydrogens (primary N) is 1. The molecule has 0 fully saturated rings. The lowest BCUT2D eigenvalue weighted by Crippen LogP contribution is -2.14. The maximum Gasteiger partial charge on any atom is 0.532 e. The van der Waals surface area contributed by atoms with Crippen molar-refractivity contribution in [2.75, 3.05) is 24.3 Å². The van der Waals surface area contributed by atoms with Gasteiger partial charge in [-0.25, -0.2) is 4.57 Å². The summed E-state index contributed by atoms with van der Waals surface area (Å²) in [6, 6.07) is 14.4. The SMILES string of the molecule is CCOP(=O)(OCC)OC(=O)Cc1ccc(C(=O)Nc2cc(-c3cccs3)ccc2N)cc1C. The predicted octanol–water partition coefficient (Wildman–Crippen LogP) is 5.82. The zero-order valence-corrected chi connectivity index (χ0v) is 20.9. The van der Waals surface area contributed by atoms with E-state index in [2.05, 4.69) is 5.32 Å². The summed E-state index contributed by atoms with van der Waals surface area (Å²) in [6.07, 6.45) is -0.145. The van der Waals surface area contributed by atoms with E-state index in [1.165, 1.54) is 0 Å². The van der Waals surface area contributed by atoms with Gasteiger partial charge in [0.15, 0.2) is 0 Å². The summed E-state index contributed by atoms with van der Waals surface area (Å²) >= 11 is 1.60. The van der Waals surface area contributed by atoms with E-state index in [0.29, 0.717) is 28.1 Å². The van der Waals surface area contributed by atoms with Gasteiger partial charge in [0.05, 0.1) is 31.0 Å². The van der Waals surface area contributed by atoms with Crippen LogP contribution in [-0.2, 0) is 29.4 Å². The number of anilines is 2. The van der Waals surface area contributed by atoms with Crippen LogP contribution in [0, 0.1) is 6.92 Å². The van der Waals surface area contributed by atoms with E-state index in [-0.39, 0.29) is 25.5 Å². The van der Waals surface area contributed by atoms with Crippen LogP contribution in [0.25, 0.3) is 10.4 Å². The standard InChI is InChI=1S/C24H27N2O6PS/c1-4-30-33(29,31-5-2)32-23(27)15-17-8-9-19(13-16(17)3)24(28)26-21-14-18(10-11-20(21)25)22-7-6-12-34-22/h6-14H,4-5,15,25H2,1-3H3,(H,26,28). The summed E-state index contributed by atoms with van der Waals surface area (Å²) in [6.45, 7) is 5.18. The Hall–Kier alpha value is -2.97. The third kappa shape index (κ3) is 6.55. The highest BCUT2D eigenvalue weighted by atomic mass is 32.1. The molecule has 1 heterocycles. The highest BCUT2D eigenvalue weighted by Crippen LogP contribution is 2.49. The first-order valence-corrected chi connectivity index (χ1v) is 13.0. The smallest absolute Gasteiger partial charge is 0.397 e. The number of hydrogen-bond acceptors (Lipinski definition) is 8. The first-order chi connectivity index (χ1) is 16.2. The molecule has 0 saturated heterocycles. The monoisotopic (exact) mass is 502 g/mol. The molecular weight excluding hydrogens is 475 g/mol. The lowest BCUT2D eigenvalue weighted by atomic mass is 10.0. The fourth-order valence-corrected chi connectivity index (χ4v) is 5.06. The largest absolute Gasteiger partial charge is 0.532 e. The second-order valence-corrected chi connectivity index (χ2v) is 9.84. The minimum absolute atomic E-state index is 0.0775. The van der Waals surface area contributed by atoms with Gasteiger partial charge < -0.3 is 15.6 Å². The molecule has 2 aromatic carbocycles. The van der Waals surface area contributed by atoms with Crippen molar-refractivity contribution < 1.29 is 27.7 Å². The van der Waals surface area contributed by atoms with Crippen molar-refractivity contribution in [1.29, 1.82) is 0 Å². The third-order valence-corrected chi connectivity index (χ3v) is 7.33. The summed E-state index contributed by atoms with van der Waals surface area (Å²) in [5.41, 5.74) is 9.73. The van der Waals surface area contributed by atoms with E-state index in [9.17, 15) is 14.2 Å². The van der Waals surface area contributed by atoms with Gasteiger partial charge in [0.2, 0.25) is 0 Å². The van der Waals surface area contributed by atoms with E-state index < -0.39 is 13.8 Å². The normalized spacial score (nSPS) is 11.3. The van der Waals surface area contributed by atoms with Crippen LogP contribution in [0.1, 0.15) is 35.3 Å². The number of rotatable bonds is 10. The lowest BCUT2D eigenvalue weighted by molar-refractivity contribution is -0.135. The Kier molecular flexibility index (Phi) is 8.63. The number of thiophene rings is 1.